The predicted molar refractivity (Wildman–Crippen MR) is 56.8 cm³/mol. The van der Waals surface area contributed by atoms with E-state index >= 15 is 0 Å². The second-order valence-corrected chi connectivity index (χ2v) is 2.99. The first kappa shape index (κ1) is 11.3. The van der Waals surface area contributed by atoms with Crippen molar-refractivity contribution in [1.29, 1.82) is 0 Å². The standard InChI is InChI=1S/C9H13N3O3/c1-15-7-3-2-6(4-5-10)9(8(7)11)12(13)14/h2-3H,4-5,10-11H2,1H3. The number of ether oxygens (including phenoxy) is 1. The van der Waals surface area contributed by atoms with Crippen LogP contribution in [-0.2, 0) is 6.42 Å². The van der Waals surface area contributed by atoms with Crippen LogP contribution in [0.3, 0.4) is 0 Å². The summed E-state index contributed by atoms with van der Waals surface area (Å²) in [5.41, 5.74) is 11.4. The minimum atomic E-state index is -0.511. The van der Waals surface area contributed by atoms with Gasteiger partial charge in [0.25, 0.3) is 5.69 Å². The van der Waals surface area contributed by atoms with Gasteiger partial charge in [-0.3, -0.25) is 10.1 Å². The van der Waals surface area contributed by atoms with Crippen LogP contribution in [0.4, 0.5) is 11.4 Å². The predicted octanol–water partition coefficient (Wildman–Crippen LogP) is 0.687. The molecular formula is C9H13N3O3. The average molecular weight is 211 g/mol. The van der Waals surface area contributed by atoms with Crippen LogP contribution in [0.5, 0.6) is 5.75 Å². The molecule has 0 bridgehead atoms. The molecule has 0 saturated heterocycles. The Balaban J connectivity index is 3.30. The fourth-order valence-electron chi connectivity index (χ4n) is 1.39. The van der Waals surface area contributed by atoms with Crippen molar-refractivity contribution in [1.82, 2.24) is 0 Å². The zero-order valence-corrected chi connectivity index (χ0v) is 8.40. The number of hydrogen-bond donors (Lipinski definition) is 2. The third kappa shape index (κ3) is 2.16. The van der Waals surface area contributed by atoms with Crippen molar-refractivity contribution >= 4 is 11.4 Å². The molecule has 0 aliphatic carbocycles. The molecule has 0 aromatic heterocycles. The maximum atomic E-state index is 10.8. The number of nitro benzene ring substituents is 1. The smallest absolute Gasteiger partial charge is 0.299 e. The van der Waals surface area contributed by atoms with Gasteiger partial charge in [0.1, 0.15) is 5.75 Å². The summed E-state index contributed by atoms with van der Waals surface area (Å²) in [6.07, 6.45) is 0.421. The highest BCUT2D eigenvalue weighted by atomic mass is 16.6. The first-order chi connectivity index (χ1) is 7.11. The Labute approximate surface area is 87.0 Å². The van der Waals surface area contributed by atoms with E-state index in [0.717, 1.165) is 0 Å². The summed E-state index contributed by atoms with van der Waals surface area (Å²) in [6, 6.07) is 3.22. The summed E-state index contributed by atoms with van der Waals surface area (Å²) in [6.45, 7) is 0.340. The van der Waals surface area contributed by atoms with Gasteiger partial charge in [0.15, 0.2) is 5.69 Å². The van der Waals surface area contributed by atoms with Crippen molar-refractivity contribution in [2.45, 2.75) is 6.42 Å². The molecule has 0 unspecified atom stereocenters. The molecule has 15 heavy (non-hydrogen) atoms. The number of hydrogen-bond acceptors (Lipinski definition) is 5. The highest BCUT2D eigenvalue weighted by Crippen LogP contribution is 2.34. The van der Waals surface area contributed by atoms with E-state index < -0.39 is 4.92 Å². The topological polar surface area (TPSA) is 104 Å². The highest BCUT2D eigenvalue weighted by molar-refractivity contribution is 5.70. The molecule has 0 heterocycles. The SMILES string of the molecule is COc1ccc(CCN)c([N+](=O)[O-])c1N. The van der Waals surface area contributed by atoms with Crippen molar-refractivity contribution in [2.75, 3.05) is 19.4 Å². The van der Waals surface area contributed by atoms with Crippen molar-refractivity contribution in [2.24, 2.45) is 5.73 Å². The van der Waals surface area contributed by atoms with E-state index in [1.807, 2.05) is 0 Å². The Morgan fingerprint density at radius 2 is 2.20 bits per heavy atom. The Morgan fingerprint density at radius 3 is 2.67 bits per heavy atom. The van der Waals surface area contributed by atoms with Crippen LogP contribution in [0.2, 0.25) is 0 Å². The van der Waals surface area contributed by atoms with Crippen LogP contribution in [0.25, 0.3) is 0 Å². The molecule has 0 saturated carbocycles. The summed E-state index contributed by atoms with van der Waals surface area (Å²) in [5.74, 6) is 0.308. The van der Waals surface area contributed by atoms with E-state index in [2.05, 4.69) is 0 Å². The van der Waals surface area contributed by atoms with Gasteiger partial charge in [0.2, 0.25) is 0 Å². The molecule has 1 rings (SSSR count). The van der Waals surface area contributed by atoms with E-state index in [1.54, 1.807) is 12.1 Å². The lowest BCUT2D eigenvalue weighted by Gasteiger charge is -2.08. The molecular weight excluding hydrogens is 198 g/mol. The lowest BCUT2D eigenvalue weighted by molar-refractivity contribution is -0.384. The highest BCUT2D eigenvalue weighted by Gasteiger charge is 2.20. The Morgan fingerprint density at radius 1 is 1.53 bits per heavy atom. The van der Waals surface area contributed by atoms with Crippen LogP contribution in [0.1, 0.15) is 5.56 Å². The quantitative estimate of drug-likeness (QED) is 0.433. The third-order valence-corrected chi connectivity index (χ3v) is 2.08. The maximum absolute atomic E-state index is 10.8. The van der Waals surface area contributed by atoms with Crippen molar-refractivity contribution < 1.29 is 9.66 Å². The van der Waals surface area contributed by atoms with E-state index in [4.69, 9.17) is 16.2 Å². The second kappa shape index (κ2) is 4.61. The molecule has 1 aromatic rings. The number of anilines is 1. The lowest BCUT2D eigenvalue weighted by atomic mass is 10.1. The number of nitrogens with zero attached hydrogens (tertiary/aromatic N) is 1. The van der Waals surface area contributed by atoms with E-state index in [9.17, 15) is 10.1 Å². The van der Waals surface area contributed by atoms with Crippen LogP contribution >= 0.6 is 0 Å². The van der Waals surface area contributed by atoms with Crippen molar-refractivity contribution in [3.05, 3.63) is 27.8 Å². The molecule has 0 atom stereocenters. The monoisotopic (exact) mass is 211 g/mol. The van der Waals surface area contributed by atoms with Gasteiger partial charge in [-0.25, -0.2) is 0 Å². The molecule has 0 radical (unpaired) electrons. The third-order valence-electron chi connectivity index (χ3n) is 2.08. The zero-order chi connectivity index (χ0) is 11.4. The number of nitro groups is 1. The molecule has 4 N–H and O–H groups in total. The van der Waals surface area contributed by atoms with Crippen molar-refractivity contribution in [3.63, 3.8) is 0 Å². The molecule has 0 aliphatic rings. The van der Waals surface area contributed by atoms with Gasteiger partial charge in [-0.05, 0) is 25.1 Å². The lowest BCUT2D eigenvalue weighted by Crippen LogP contribution is -2.07. The van der Waals surface area contributed by atoms with Gasteiger partial charge in [0.05, 0.1) is 12.0 Å². The molecule has 0 fully saturated rings. The second-order valence-electron chi connectivity index (χ2n) is 2.99. The van der Waals surface area contributed by atoms with E-state index in [0.29, 0.717) is 24.3 Å². The van der Waals surface area contributed by atoms with Gasteiger partial charge < -0.3 is 16.2 Å². The number of nitrogens with two attached hydrogens (primary N) is 2. The van der Waals surface area contributed by atoms with E-state index in [-0.39, 0.29) is 11.4 Å². The molecule has 82 valence electrons. The summed E-state index contributed by atoms with van der Waals surface area (Å²) in [5, 5.41) is 10.8. The molecule has 0 amide bonds. The first-order valence-corrected chi connectivity index (χ1v) is 4.41. The summed E-state index contributed by atoms with van der Waals surface area (Å²) >= 11 is 0. The minimum absolute atomic E-state index is 0.0495. The Kier molecular flexibility index (Phi) is 3.46. The number of nitrogen functional groups attached to an aromatic ring is 1. The maximum Gasteiger partial charge on any atom is 0.299 e. The Hall–Kier alpha value is -1.82. The van der Waals surface area contributed by atoms with Crippen LogP contribution in [-0.4, -0.2) is 18.6 Å². The van der Waals surface area contributed by atoms with Crippen LogP contribution < -0.4 is 16.2 Å². The molecule has 1 aromatic carbocycles. The average Bonchev–Trinajstić information content (AvgIpc) is 2.18. The van der Waals surface area contributed by atoms with Gasteiger partial charge in [-0.1, -0.05) is 0 Å². The largest absolute Gasteiger partial charge is 0.494 e. The summed E-state index contributed by atoms with van der Waals surface area (Å²) < 4.78 is 4.91. The van der Waals surface area contributed by atoms with Crippen molar-refractivity contribution in [3.8, 4) is 5.75 Å². The Bertz CT molecular complexity index is 379. The van der Waals surface area contributed by atoms with E-state index in [1.165, 1.54) is 7.11 Å². The number of benzene rings is 1. The number of rotatable bonds is 4. The van der Waals surface area contributed by atoms with Crippen LogP contribution in [0.15, 0.2) is 12.1 Å². The fourth-order valence-corrected chi connectivity index (χ4v) is 1.39. The normalized spacial score (nSPS) is 10.0. The fraction of sp³-hybridized carbons (Fsp3) is 0.333. The molecule has 6 nitrogen and oxygen atoms in total. The summed E-state index contributed by atoms with van der Waals surface area (Å²) in [7, 11) is 1.41. The zero-order valence-electron chi connectivity index (χ0n) is 8.40. The van der Waals surface area contributed by atoms with Crippen LogP contribution in [0, 0.1) is 10.1 Å². The molecule has 0 spiro atoms. The van der Waals surface area contributed by atoms with Gasteiger partial charge in [0, 0.05) is 5.56 Å². The van der Waals surface area contributed by atoms with Gasteiger partial charge in [-0.15, -0.1) is 0 Å². The molecule has 6 heteroatoms. The van der Waals surface area contributed by atoms with Gasteiger partial charge in [-0.2, -0.15) is 0 Å². The number of methoxy groups -OCH3 is 1. The minimum Gasteiger partial charge on any atom is -0.494 e. The molecule has 0 aliphatic heterocycles. The first-order valence-electron chi connectivity index (χ1n) is 4.41. The summed E-state index contributed by atoms with van der Waals surface area (Å²) in [4.78, 5) is 10.3. The van der Waals surface area contributed by atoms with Gasteiger partial charge >= 0.3 is 0 Å².